The first-order valence-corrected chi connectivity index (χ1v) is 10.7. The molecule has 1 saturated heterocycles. The summed E-state index contributed by atoms with van der Waals surface area (Å²) in [6.45, 7) is 0.101. The third kappa shape index (κ3) is 4.02. The summed E-state index contributed by atoms with van der Waals surface area (Å²) in [5, 5.41) is 2.24. The molecule has 1 fully saturated rings. The predicted molar refractivity (Wildman–Crippen MR) is 117 cm³/mol. The van der Waals surface area contributed by atoms with Crippen molar-refractivity contribution in [3.63, 3.8) is 0 Å². The van der Waals surface area contributed by atoms with E-state index in [-0.39, 0.29) is 37.0 Å². The van der Waals surface area contributed by atoms with E-state index in [4.69, 9.17) is 4.74 Å². The number of nitrogens with one attached hydrogen (secondary N) is 1. The van der Waals surface area contributed by atoms with Crippen molar-refractivity contribution in [1.82, 2.24) is 19.8 Å². The van der Waals surface area contributed by atoms with Gasteiger partial charge in [0.15, 0.2) is 5.69 Å². The van der Waals surface area contributed by atoms with Crippen molar-refractivity contribution >= 4 is 17.7 Å². The summed E-state index contributed by atoms with van der Waals surface area (Å²) in [5.74, 6) is -0.681. The lowest BCUT2D eigenvalue weighted by Gasteiger charge is -2.29. The number of alkyl halides is 3. The molecule has 0 bridgehead atoms. The van der Waals surface area contributed by atoms with Gasteiger partial charge in [0.1, 0.15) is 17.6 Å². The summed E-state index contributed by atoms with van der Waals surface area (Å²) < 4.78 is 47.0. The highest BCUT2D eigenvalue weighted by Crippen LogP contribution is 2.35. The van der Waals surface area contributed by atoms with Gasteiger partial charge in [0, 0.05) is 36.0 Å². The Morgan fingerprint density at radius 1 is 1.09 bits per heavy atom. The van der Waals surface area contributed by atoms with E-state index in [1.165, 1.54) is 28.7 Å². The van der Waals surface area contributed by atoms with E-state index in [1.807, 2.05) is 0 Å². The molecule has 180 valence electrons. The SMILES string of the molecule is COc1ccc(-n2cc(C(F)(F)F)nc2-c2ccc3c(c2)CN(C2CCC(=O)NC2=O)C3=O)cc1. The van der Waals surface area contributed by atoms with E-state index in [0.717, 1.165) is 6.20 Å². The Kier molecular flexibility index (Phi) is 5.34. The number of rotatable bonds is 4. The number of benzene rings is 2. The van der Waals surface area contributed by atoms with Crippen LogP contribution in [0.2, 0.25) is 0 Å². The van der Waals surface area contributed by atoms with Crippen molar-refractivity contribution < 1.29 is 32.3 Å². The van der Waals surface area contributed by atoms with Gasteiger partial charge in [-0.1, -0.05) is 6.07 Å². The van der Waals surface area contributed by atoms with Crippen molar-refractivity contribution in [3.05, 3.63) is 65.5 Å². The van der Waals surface area contributed by atoms with Gasteiger partial charge in [-0.25, -0.2) is 4.98 Å². The molecule has 3 amide bonds. The summed E-state index contributed by atoms with van der Waals surface area (Å²) in [6, 6.07) is 10.4. The number of imidazole rings is 1. The third-order valence-electron chi connectivity index (χ3n) is 6.13. The number of carbonyl (C=O) groups is 3. The minimum Gasteiger partial charge on any atom is -0.497 e. The summed E-state index contributed by atoms with van der Waals surface area (Å²) in [4.78, 5) is 41.9. The van der Waals surface area contributed by atoms with Gasteiger partial charge < -0.3 is 9.64 Å². The monoisotopic (exact) mass is 484 g/mol. The minimum absolute atomic E-state index is 0.0530. The van der Waals surface area contributed by atoms with Gasteiger partial charge in [-0.05, 0) is 48.4 Å². The molecule has 0 aliphatic carbocycles. The molecule has 8 nitrogen and oxygen atoms in total. The molecule has 2 aromatic carbocycles. The minimum atomic E-state index is -4.65. The van der Waals surface area contributed by atoms with Crippen molar-refractivity contribution in [2.75, 3.05) is 7.11 Å². The van der Waals surface area contributed by atoms with Crippen LogP contribution < -0.4 is 10.1 Å². The largest absolute Gasteiger partial charge is 0.497 e. The molecule has 1 atom stereocenters. The fraction of sp³-hybridized carbons (Fsp3) is 0.250. The number of hydrogen-bond acceptors (Lipinski definition) is 5. The second kappa shape index (κ2) is 8.26. The molecule has 2 aliphatic heterocycles. The topological polar surface area (TPSA) is 93.5 Å². The van der Waals surface area contributed by atoms with Crippen molar-refractivity contribution in [2.24, 2.45) is 0 Å². The number of carbonyl (C=O) groups excluding carboxylic acids is 3. The Morgan fingerprint density at radius 3 is 2.49 bits per heavy atom. The van der Waals surface area contributed by atoms with E-state index in [0.29, 0.717) is 28.1 Å². The van der Waals surface area contributed by atoms with E-state index in [9.17, 15) is 27.6 Å². The van der Waals surface area contributed by atoms with Gasteiger partial charge in [-0.15, -0.1) is 0 Å². The summed E-state index contributed by atoms with van der Waals surface area (Å²) in [7, 11) is 1.49. The van der Waals surface area contributed by atoms with Crippen LogP contribution in [0.15, 0.2) is 48.7 Å². The average Bonchev–Trinajstić information content (AvgIpc) is 3.41. The Bertz CT molecular complexity index is 1350. The molecule has 1 unspecified atom stereocenters. The molecule has 1 aromatic heterocycles. The first kappa shape index (κ1) is 22.6. The van der Waals surface area contributed by atoms with Gasteiger partial charge in [0.25, 0.3) is 5.91 Å². The first-order chi connectivity index (χ1) is 16.7. The smallest absolute Gasteiger partial charge is 0.434 e. The third-order valence-corrected chi connectivity index (χ3v) is 6.13. The van der Waals surface area contributed by atoms with Crippen LogP contribution in [-0.2, 0) is 22.3 Å². The molecule has 5 rings (SSSR count). The van der Waals surface area contributed by atoms with Gasteiger partial charge in [0.2, 0.25) is 11.8 Å². The van der Waals surface area contributed by atoms with Crippen LogP contribution in [0, 0.1) is 0 Å². The molecule has 0 spiro atoms. The van der Waals surface area contributed by atoms with E-state index < -0.39 is 23.8 Å². The van der Waals surface area contributed by atoms with Crippen LogP contribution >= 0.6 is 0 Å². The maximum absolute atomic E-state index is 13.5. The fourth-order valence-electron chi connectivity index (χ4n) is 4.37. The van der Waals surface area contributed by atoms with E-state index in [2.05, 4.69) is 10.3 Å². The van der Waals surface area contributed by atoms with Crippen LogP contribution in [-0.4, -0.2) is 45.3 Å². The van der Waals surface area contributed by atoms with Crippen molar-refractivity contribution in [3.8, 4) is 22.8 Å². The number of amides is 3. The van der Waals surface area contributed by atoms with Crippen LogP contribution in [0.5, 0.6) is 5.75 Å². The van der Waals surface area contributed by atoms with Crippen molar-refractivity contribution in [1.29, 1.82) is 0 Å². The lowest BCUT2D eigenvalue weighted by atomic mass is 10.0. The van der Waals surface area contributed by atoms with Crippen LogP contribution in [0.1, 0.15) is 34.5 Å². The highest BCUT2D eigenvalue weighted by atomic mass is 19.4. The fourth-order valence-corrected chi connectivity index (χ4v) is 4.37. The number of piperidine rings is 1. The second-order valence-corrected chi connectivity index (χ2v) is 8.29. The quantitative estimate of drug-likeness (QED) is 0.574. The van der Waals surface area contributed by atoms with Gasteiger partial charge in [-0.2, -0.15) is 13.2 Å². The number of aromatic nitrogens is 2. The van der Waals surface area contributed by atoms with Crippen LogP contribution in [0.4, 0.5) is 13.2 Å². The van der Waals surface area contributed by atoms with Crippen molar-refractivity contribution in [2.45, 2.75) is 31.6 Å². The molecule has 1 N–H and O–H groups in total. The highest BCUT2D eigenvalue weighted by Gasteiger charge is 2.39. The Balaban J connectivity index is 1.52. The zero-order valence-corrected chi connectivity index (χ0v) is 18.4. The van der Waals surface area contributed by atoms with E-state index >= 15 is 0 Å². The highest BCUT2D eigenvalue weighted by molar-refractivity contribution is 6.05. The molecular formula is C24H19F3N4O4. The van der Waals surface area contributed by atoms with Crippen LogP contribution in [0.25, 0.3) is 17.1 Å². The van der Waals surface area contributed by atoms with E-state index in [1.54, 1.807) is 30.3 Å². The molecule has 3 aromatic rings. The van der Waals surface area contributed by atoms with Crippen LogP contribution in [0.3, 0.4) is 0 Å². The van der Waals surface area contributed by atoms with Gasteiger partial charge in [0.05, 0.1) is 7.11 Å². The summed E-state index contributed by atoms with van der Waals surface area (Å²) in [5.41, 5.74) is 0.704. The number of halogens is 3. The lowest BCUT2D eigenvalue weighted by molar-refractivity contribution is -0.141. The second-order valence-electron chi connectivity index (χ2n) is 8.29. The molecule has 35 heavy (non-hydrogen) atoms. The average molecular weight is 484 g/mol. The number of imide groups is 1. The standard InChI is InChI=1S/C24H19F3N4O4/c1-35-16-5-3-15(4-6-16)30-12-19(24(25,26)27)28-21(30)13-2-7-17-14(10-13)11-31(23(17)34)18-8-9-20(32)29-22(18)33/h2-7,10,12,18H,8-9,11H2,1H3,(H,29,32,33). The zero-order chi connectivity index (χ0) is 24.9. The molecule has 0 radical (unpaired) electrons. The Labute approximate surface area is 197 Å². The Morgan fingerprint density at radius 2 is 1.83 bits per heavy atom. The van der Waals surface area contributed by atoms with Gasteiger partial charge in [-0.3, -0.25) is 24.3 Å². The normalized spacial score (nSPS) is 18.0. The Hall–Kier alpha value is -4.15. The van der Waals surface area contributed by atoms with Gasteiger partial charge >= 0.3 is 6.18 Å². The summed E-state index contributed by atoms with van der Waals surface area (Å²) >= 11 is 0. The molecule has 2 aliphatic rings. The zero-order valence-electron chi connectivity index (χ0n) is 18.4. The first-order valence-electron chi connectivity index (χ1n) is 10.7. The number of nitrogens with zero attached hydrogens (tertiary/aromatic N) is 3. The number of ether oxygens (including phenoxy) is 1. The number of methoxy groups -OCH3 is 1. The number of fused-ring (bicyclic) bond motifs is 1. The number of hydrogen-bond donors (Lipinski definition) is 1. The summed E-state index contributed by atoms with van der Waals surface area (Å²) in [6.07, 6.45) is -3.39. The molecular weight excluding hydrogens is 465 g/mol. The maximum atomic E-state index is 13.5. The molecule has 3 heterocycles. The lowest BCUT2D eigenvalue weighted by Crippen LogP contribution is -2.52. The molecule has 11 heteroatoms. The molecule has 0 saturated carbocycles. The maximum Gasteiger partial charge on any atom is 0.434 e. The predicted octanol–water partition coefficient (Wildman–Crippen LogP) is 3.33.